The molecule has 0 atom stereocenters. The van der Waals surface area contributed by atoms with E-state index in [9.17, 15) is 0 Å². The first kappa shape index (κ1) is 12.3. The summed E-state index contributed by atoms with van der Waals surface area (Å²) in [7, 11) is 0. The predicted octanol–water partition coefficient (Wildman–Crippen LogP) is 2.14. The van der Waals surface area contributed by atoms with Crippen LogP contribution in [0.5, 0.6) is 0 Å². The third-order valence-corrected chi connectivity index (χ3v) is 3.36. The first-order valence-corrected chi connectivity index (χ1v) is 6.54. The maximum Gasteiger partial charge on any atom is 0.114 e. The zero-order chi connectivity index (χ0) is 12.5. The first-order chi connectivity index (χ1) is 7.99. The van der Waals surface area contributed by atoms with Gasteiger partial charge >= 0.3 is 0 Å². The van der Waals surface area contributed by atoms with Crippen molar-refractivity contribution in [1.29, 1.82) is 0 Å². The molecule has 2 aromatic heterocycles. The van der Waals surface area contributed by atoms with Crippen molar-refractivity contribution < 1.29 is 0 Å². The average Bonchev–Trinajstić information content (AvgIpc) is 2.86. The van der Waals surface area contributed by atoms with Gasteiger partial charge in [0.2, 0.25) is 0 Å². The number of rotatable bonds is 3. The molecule has 0 radical (unpaired) electrons. The van der Waals surface area contributed by atoms with Gasteiger partial charge in [-0.2, -0.15) is 5.10 Å². The monoisotopic (exact) mass is 250 g/mol. The van der Waals surface area contributed by atoms with E-state index in [0.29, 0.717) is 6.54 Å². The molecule has 0 aliphatic rings. The minimum absolute atomic E-state index is 0.112. The molecule has 0 aliphatic carbocycles. The Morgan fingerprint density at radius 2 is 2.18 bits per heavy atom. The topological polar surface area (TPSA) is 56.7 Å². The highest BCUT2D eigenvalue weighted by atomic mass is 32.1. The Kier molecular flexibility index (Phi) is 3.31. The van der Waals surface area contributed by atoms with Crippen LogP contribution in [0.3, 0.4) is 0 Å². The standard InChI is InChI=1S/C12H18N4S/c1-12(2,3)10-8-17-11(14-10)7-16-5-4-9(6-13)15-16/h4-5,8H,6-7,13H2,1-3H3. The number of aromatic nitrogens is 3. The quantitative estimate of drug-likeness (QED) is 0.908. The summed E-state index contributed by atoms with van der Waals surface area (Å²) in [5.74, 6) is 0. The Balaban J connectivity index is 2.11. The number of hydrogen-bond donors (Lipinski definition) is 1. The van der Waals surface area contributed by atoms with Crippen molar-refractivity contribution in [2.24, 2.45) is 5.73 Å². The minimum atomic E-state index is 0.112. The molecule has 4 nitrogen and oxygen atoms in total. The van der Waals surface area contributed by atoms with Crippen LogP contribution in [0.1, 0.15) is 37.2 Å². The molecule has 2 aromatic rings. The average molecular weight is 250 g/mol. The molecule has 2 rings (SSSR count). The highest BCUT2D eigenvalue weighted by Crippen LogP contribution is 2.24. The molecule has 0 aliphatic heterocycles. The number of nitrogens with two attached hydrogens (primary N) is 1. The third kappa shape index (κ3) is 2.92. The predicted molar refractivity (Wildman–Crippen MR) is 70.0 cm³/mol. The van der Waals surface area contributed by atoms with E-state index in [1.807, 2.05) is 16.9 Å². The van der Waals surface area contributed by atoms with E-state index in [-0.39, 0.29) is 5.41 Å². The van der Waals surface area contributed by atoms with Crippen molar-refractivity contribution in [3.63, 3.8) is 0 Å². The van der Waals surface area contributed by atoms with Gasteiger partial charge in [-0.25, -0.2) is 4.98 Å². The zero-order valence-corrected chi connectivity index (χ0v) is 11.3. The highest BCUT2D eigenvalue weighted by molar-refractivity contribution is 7.09. The van der Waals surface area contributed by atoms with Crippen molar-refractivity contribution >= 4 is 11.3 Å². The molecule has 0 spiro atoms. The fourth-order valence-electron chi connectivity index (χ4n) is 1.47. The summed E-state index contributed by atoms with van der Waals surface area (Å²) in [6.07, 6.45) is 1.94. The highest BCUT2D eigenvalue weighted by Gasteiger charge is 2.17. The molecule has 0 unspecified atom stereocenters. The lowest BCUT2D eigenvalue weighted by molar-refractivity contribution is 0.567. The summed E-state index contributed by atoms with van der Waals surface area (Å²) < 4.78 is 1.88. The van der Waals surface area contributed by atoms with Crippen LogP contribution in [0.15, 0.2) is 17.6 Å². The van der Waals surface area contributed by atoms with Gasteiger partial charge in [0.05, 0.1) is 17.9 Å². The summed E-state index contributed by atoms with van der Waals surface area (Å²) in [4.78, 5) is 4.64. The van der Waals surface area contributed by atoms with Gasteiger partial charge in [0, 0.05) is 23.5 Å². The summed E-state index contributed by atoms with van der Waals surface area (Å²) in [5, 5.41) is 7.57. The van der Waals surface area contributed by atoms with Crippen LogP contribution in [0.2, 0.25) is 0 Å². The molecule has 2 heterocycles. The molecule has 5 heteroatoms. The number of nitrogens with zero attached hydrogens (tertiary/aromatic N) is 3. The van der Waals surface area contributed by atoms with Crippen LogP contribution >= 0.6 is 11.3 Å². The third-order valence-electron chi connectivity index (χ3n) is 2.52. The summed E-state index contributed by atoms with van der Waals surface area (Å²) >= 11 is 1.68. The lowest BCUT2D eigenvalue weighted by Crippen LogP contribution is -2.12. The first-order valence-electron chi connectivity index (χ1n) is 5.66. The van der Waals surface area contributed by atoms with E-state index in [1.54, 1.807) is 11.3 Å². The van der Waals surface area contributed by atoms with Gasteiger partial charge in [0.1, 0.15) is 5.01 Å². The Hall–Kier alpha value is -1.20. The van der Waals surface area contributed by atoms with Gasteiger partial charge in [-0.1, -0.05) is 20.8 Å². The summed E-state index contributed by atoms with van der Waals surface area (Å²) in [5.41, 5.74) is 7.70. The summed E-state index contributed by atoms with van der Waals surface area (Å²) in [6, 6.07) is 1.94. The fourth-order valence-corrected chi connectivity index (χ4v) is 2.48. The SMILES string of the molecule is CC(C)(C)c1csc(Cn2ccc(CN)n2)n1. The molecular formula is C12H18N4S. The van der Waals surface area contributed by atoms with Crippen LogP contribution in [-0.4, -0.2) is 14.8 Å². The maximum atomic E-state index is 5.53. The van der Waals surface area contributed by atoms with E-state index in [0.717, 1.165) is 22.9 Å². The van der Waals surface area contributed by atoms with Crippen molar-refractivity contribution in [2.75, 3.05) is 0 Å². The Morgan fingerprint density at radius 1 is 1.41 bits per heavy atom. The van der Waals surface area contributed by atoms with E-state index in [1.165, 1.54) is 0 Å². The van der Waals surface area contributed by atoms with E-state index >= 15 is 0 Å². The molecule has 0 aromatic carbocycles. The van der Waals surface area contributed by atoms with Crippen molar-refractivity contribution in [3.8, 4) is 0 Å². The van der Waals surface area contributed by atoms with Gasteiger partial charge in [0.25, 0.3) is 0 Å². The molecule has 0 fully saturated rings. The van der Waals surface area contributed by atoms with Gasteiger partial charge in [-0.3, -0.25) is 4.68 Å². The molecule has 0 saturated heterocycles. The molecule has 92 valence electrons. The van der Waals surface area contributed by atoms with E-state index in [2.05, 4.69) is 36.2 Å². The van der Waals surface area contributed by atoms with Crippen LogP contribution < -0.4 is 5.73 Å². The Labute approximate surface area is 105 Å². The second-order valence-corrected chi connectivity index (χ2v) is 6.03. The van der Waals surface area contributed by atoms with Crippen molar-refractivity contribution in [3.05, 3.63) is 34.0 Å². The van der Waals surface area contributed by atoms with E-state index < -0.39 is 0 Å². The Bertz CT molecular complexity index is 493. The van der Waals surface area contributed by atoms with Crippen LogP contribution in [0.4, 0.5) is 0 Å². The molecule has 0 amide bonds. The molecule has 17 heavy (non-hydrogen) atoms. The minimum Gasteiger partial charge on any atom is -0.325 e. The zero-order valence-electron chi connectivity index (χ0n) is 10.5. The lowest BCUT2D eigenvalue weighted by Gasteiger charge is -2.14. The fraction of sp³-hybridized carbons (Fsp3) is 0.500. The van der Waals surface area contributed by atoms with E-state index in [4.69, 9.17) is 5.73 Å². The van der Waals surface area contributed by atoms with Crippen LogP contribution in [-0.2, 0) is 18.5 Å². The maximum absolute atomic E-state index is 5.53. The molecular weight excluding hydrogens is 232 g/mol. The van der Waals surface area contributed by atoms with Gasteiger partial charge in [-0.05, 0) is 6.07 Å². The van der Waals surface area contributed by atoms with Crippen molar-refractivity contribution in [1.82, 2.24) is 14.8 Å². The summed E-state index contributed by atoms with van der Waals surface area (Å²) in [6.45, 7) is 7.73. The molecule has 2 N–H and O–H groups in total. The molecule has 0 saturated carbocycles. The molecule has 0 bridgehead atoms. The second kappa shape index (κ2) is 4.58. The van der Waals surface area contributed by atoms with Gasteiger partial charge < -0.3 is 5.73 Å². The lowest BCUT2D eigenvalue weighted by atomic mass is 9.93. The normalized spacial score (nSPS) is 12.0. The largest absolute Gasteiger partial charge is 0.325 e. The number of thiazole rings is 1. The van der Waals surface area contributed by atoms with Gasteiger partial charge in [0.15, 0.2) is 0 Å². The van der Waals surface area contributed by atoms with Crippen molar-refractivity contribution in [2.45, 2.75) is 39.3 Å². The van der Waals surface area contributed by atoms with Gasteiger partial charge in [-0.15, -0.1) is 11.3 Å². The smallest absolute Gasteiger partial charge is 0.114 e. The number of hydrogen-bond acceptors (Lipinski definition) is 4. The van der Waals surface area contributed by atoms with Crippen LogP contribution in [0.25, 0.3) is 0 Å². The second-order valence-electron chi connectivity index (χ2n) is 5.09. The Morgan fingerprint density at radius 3 is 2.71 bits per heavy atom. The van der Waals surface area contributed by atoms with Crippen LogP contribution in [0, 0.1) is 0 Å².